The standard InChI is InChI=1S/C24H21N5O2/c1-29(2)19-8-4-7-18(15-19)28-23(30)17-6-3-9-20(14-17)31-24-21(10-5-12-26-24)22-11-13-25-16-27-22/h3-16H,1-2H3,(H,28,30). The molecule has 154 valence electrons. The van der Waals surface area contributed by atoms with E-state index in [0.717, 1.165) is 16.9 Å². The molecule has 4 aromatic rings. The number of nitrogens with zero attached hydrogens (tertiary/aromatic N) is 4. The van der Waals surface area contributed by atoms with Gasteiger partial charge in [0.2, 0.25) is 5.88 Å². The number of hydrogen-bond donors (Lipinski definition) is 1. The second-order valence-electron chi connectivity index (χ2n) is 6.98. The number of nitrogens with one attached hydrogen (secondary N) is 1. The third-order valence-electron chi connectivity index (χ3n) is 4.56. The monoisotopic (exact) mass is 411 g/mol. The lowest BCUT2D eigenvalue weighted by molar-refractivity contribution is 0.102. The zero-order valence-electron chi connectivity index (χ0n) is 17.2. The van der Waals surface area contributed by atoms with Gasteiger partial charge < -0.3 is 15.0 Å². The van der Waals surface area contributed by atoms with Gasteiger partial charge in [-0.3, -0.25) is 4.79 Å². The molecule has 0 aliphatic carbocycles. The number of aromatic nitrogens is 3. The molecule has 0 radical (unpaired) electrons. The van der Waals surface area contributed by atoms with E-state index in [2.05, 4.69) is 20.3 Å². The molecule has 0 unspecified atom stereocenters. The van der Waals surface area contributed by atoms with E-state index in [1.54, 1.807) is 42.7 Å². The number of amides is 1. The van der Waals surface area contributed by atoms with Crippen molar-refractivity contribution < 1.29 is 9.53 Å². The lowest BCUT2D eigenvalue weighted by atomic mass is 10.2. The summed E-state index contributed by atoms with van der Waals surface area (Å²) in [5.41, 5.74) is 3.64. The van der Waals surface area contributed by atoms with Gasteiger partial charge in [-0.15, -0.1) is 0 Å². The molecule has 0 saturated heterocycles. The van der Waals surface area contributed by atoms with Crippen molar-refractivity contribution in [3.63, 3.8) is 0 Å². The molecule has 7 heteroatoms. The Labute approximate surface area is 180 Å². The van der Waals surface area contributed by atoms with Crippen LogP contribution in [0.5, 0.6) is 11.6 Å². The van der Waals surface area contributed by atoms with Gasteiger partial charge in [0.25, 0.3) is 5.91 Å². The Morgan fingerprint density at radius 2 is 1.81 bits per heavy atom. The third kappa shape index (κ3) is 4.84. The van der Waals surface area contributed by atoms with E-state index in [4.69, 9.17) is 4.74 Å². The van der Waals surface area contributed by atoms with Gasteiger partial charge in [-0.2, -0.15) is 0 Å². The highest BCUT2D eigenvalue weighted by molar-refractivity contribution is 6.04. The van der Waals surface area contributed by atoms with E-state index in [0.29, 0.717) is 22.9 Å². The van der Waals surface area contributed by atoms with Gasteiger partial charge in [-0.25, -0.2) is 15.0 Å². The van der Waals surface area contributed by atoms with E-state index < -0.39 is 0 Å². The minimum absolute atomic E-state index is 0.224. The second kappa shape index (κ2) is 9.04. The molecule has 0 aliphatic rings. The Morgan fingerprint density at radius 1 is 0.935 bits per heavy atom. The van der Waals surface area contributed by atoms with Gasteiger partial charge in [0, 0.05) is 43.4 Å². The third-order valence-corrected chi connectivity index (χ3v) is 4.56. The average Bonchev–Trinajstić information content (AvgIpc) is 2.80. The molecule has 31 heavy (non-hydrogen) atoms. The zero-order chi connectivity index (χ0) is 21.6. The Kier molecular flexibility index (Phi) is 5.84. The van der Waals surface area contributed by atoms with E-state index in [1.807, 2.05) is 55.4 Å². The van der Waals surface area contributed by atoms with Gasteiger partial charge in [-0.05, 0) is 54.6 Å². The summed E-state index contributed by atoms with van der Waals surface area (Å²) in [7, 11) is 3.91. The fraction of sp³-hybridized carbons (Fsp3) is 0.0833. The van der Waals surface area contributed by atoms with Crippen LogP contribution in [0.15, 0.2) is 85.5 Å². The Balaban J connectivity index is 1.55. The molecule has 0 bridgehead atoms. The SMILES string of the molecule is CN(C)c1cccc(NC(=O)c2cccc(Oc3ncccc3-c3ccncn3)c2)c1. The van der Waals surface area contributed by atoms with E-state index in [9.17, 15) is 4.79 Å². The smallest absolute Gasteiger partial charge is 0.255 e. The second-order valence-corrected chi connectivity index (χ2v) is 6.98. The quantitative estimate of drug-likeness (QED) is 0.497. The van der Waals surface area contributed by atoms with Gasteiger partial charge in [0.15, 0.2) is 0 Å². The molecule has 2 aromatic heterocycles. The fourth-order valence-electron chi connectivity index (χ4n) is 2.99. The number of ether oxygens (including phenoxy) is 1. The first-order valence-electron chi connectivity index (χ1n) is 9.68. The zero-order valence-corrected chi connectivity index (χ0v) is 17.2. The van der Waals surface area contributed by atoms with Crippen molar-refractivity contribution in [3.8, 4) is 22.9 Å². The summed E-state index contributed by atoms with van der Waals surface area (Å²) in [5.74, 6) is 0.680. The molecule has 4 rings (SSSR count). The highest BCUT2D eigenvalue weighted by Crippen LogP contribution is 2.30. The average molecular weight is 411 g/mol. The molecular weight excluding hydrogens is 390 g/mol. The molecule has 2 aromatic carbocycles. The molecule has 0 spiro atoms. The van der Waals surface area contributed by atoms with Gasteiger partial charge >= 0.3 is 0 Å². The van der Waals surface area contributed by atoms with Crippen LogP contribution in [-0.2, 0) is 0 Å². The summed E-state index contributed by atoms with van der Waals surface area (Å²) in [6.07, 6.45) is 4.78. The van der Waals surface area contributed by atoms with Crippen molar-refractivity contribution >= 4 is 17.3 Å². The maximum absolute atomic E-state index is 12.8. The number of carbonyl (C=O) groups is 1. The number of carbonyl (C=O) groups excluding carboxylic acids is 1. The van der Waals surface area contributed by atoms with Crippen molar-refractivity contribution in [1.82, 2.24) is 15.0 Å². The van der Waals surface area contributed by atoms with Crippen LogP contribution in [-0.4, -0.2) is 35.0 Å². The molecule has 0 fully saturated rings. The maximum Gasteiger partial charge on any atom is 0.255 e. The van der Waals surface area contributed by atoms with Crippen molar-refractivity contribution in [3.05, 3.63) is 91.0 Å². The maximum atomic E-state index is 12.8. The van der Waals surface area contributed by atoms with Crippen molar-refractivity contribution in [2.45, 2.75) is 0 Å². The molecule has 1 N–H and O–H groups in total. The highest BCUT2D eigenvalue weighted by Gasteiger charge is 2.12. The van der Waals surface area contributed by atoms with E-state index in [1.165, 1.54) is 6.33 Å². The fourth-order valence-corrected chi connectivity index (χ4v) is 2.99. The van der Waals surface area contributed by atoms with Crippen molar-refractivity contribution in [2.24, 2.45) is 0 Å². The lowest BCUT2D eigenvalue weighted by Gasteiger charge is -2.14. The Morgan fingerprint density at radius 3 is 2.61 bits per heavy atom. The highest BCUT2D eigenvalue weighted by atomic mass is 16.5. The predicted molar refractivity (Wildman–Crippen MR) is 121 cm³/mol. The van der Waals surface area contributed by atoms with Crippen LogP contribution in [0, 0.1) is 0 Å². The van der Waals surface area contributed by atoms with Crippen LogP contribution in [0.2, 0.25) is 0 Å². The van der Waals surface area contributed by atoms with Crippen LogP contribution in [0.3, 0.4) is 0 Å². The van der Waals surface area contributed by atoms with E-state index in [-0.39, 0.29) is 5.91 Å². The van der Waals surface area contributed by atoms with Crippen LogP contribution in [0.4, 0.5) is 11.4 Å². The molecular formula is C24H21N5O2. The van der Waals surface area contributed by atoms with Crippen molar-refractivity contribution in [2.75, 3.05) is 24.3 Å². The van der Waals surface area contributed by atoms with E-state index >= 15 is 0 Å². The molecule has 0 saturated carbocycles. The summed E-state index contributed by atoms with van der Waals surface area (Å²) < 4.78 is 6.00. The first-order valence-corrected chi connectivity index (χ1v) is 9.68. The predicted octanol–water partition coefficient (Wildman–Crippen LogP) is 4.65. The van der Waals surface area contributed by atoms with Gasteiger partial charge in [0.1, 0.15) is 12.1 Å². The number of rotatable bonds is 6. The Bertz CT molecular complexity index is 1200. The number of benzene rings is 2. The first-order chi connectivity index (χ1) is 15.1. The largest absolute Gasteiger partial charge is 0.438 e. The van der Waals surface area contributed by atoms with Crippen LogP contribution in [0.25, 0.3) is 11.3 Å². The van der Waals surface area contributed by atoms with Crippen LogP contribution >= 0.6 is 0 Å². The summed E-state index contributed by atoms with van der Waals surface area (Å²) >= 11 is 0. The minimum Gasteiger partial charge on any atom is -0.438 e. The summed E-state index contributed by atoms with van der Waals surface area (Å²) in [6.45, 7) is 0. The molecule has 0 aliphatic heterocycles. The molecule has 0 atom stereocenters. The molecule has 2 heterocycles. The van der Waals surface area contributed by atoms with Gasteiger partial charge in [-0.1, -0.05) is 12.1 Å². The number of pyridine rings is 1. The normalized spacial score (nSPS) is 10.4. The topological polar surface area (TPSA) is 80.2 Å². The minimum atomic E-state index is -0.224. The summed E-state index contributed by atoms with van der Waals surface area (Å²) in [5, 5.41) is 2.93. The summed E-state index contributed by atoms with van der Waals surface area (Å²) in [4.78, 5) is 27.3. The lowest BCUT2D eigenvalue weighted by Crippen LogP contribution is -2.13. The Hall–Kier alpha value is -4.26. The summed E-state index contributed by atoms with van der Waals surface area (Å²) in [6, 6.07) is 20.1. The first kappa shape index (κ1) is 20.0. The number of anilines is 2. The molecule has 7 nitrogen and oxygen atoms in total. The van der Waals surface area contributed by atoms with Gasteiger partial charge in [0.05, 0.1) is 11.3 Å². The van der Waals surface area contributed by atoms with Crippen LogP contribution in [0.1, 0.15) is 10.4 Å². The van der Waals surface area contributed by atoms with Crippen LogP contribution < -0.4 is 15.0 Å². The number of hydrogen-bond acceptors (Lipinski definition) is 6. The molecule has 1 amide bonds. The van der Waals surface area contributed by atoms with Crippen molar-refractivity contribution in [1.29, 1.82) is 0 Å².